The van der Waals surface area contributed by atoms with Gasteiger partial charge in [0.25, 0.3) is 0 Å². The number of rotatable bonds is 8. The highest BCUT2D eigenvalue weighted by Crippen LogP contribution is 2.13. The smallest absolute Gasteiger partial charge is 0.0285 e. The van der Waals surface area contributed by atoms with Crippen LogP contribution in [0.2, 0.25) is 0 Å². The molecular formula is C16H28. The second-order valence-electron chi connectivity index (χ2n) is 5.12. The molecule has 0 heterocycles. The monoisotopic (exact) mass is 220 g/mol. The van der Waals surface area contributed by atoms with Crippen molar-refractivity contribution < 1.29 is 0 Å². The van der Waals surface area contributed by atoms with Crippen molar-refractivity contribution in [2.45, 2.75) is 59.8 Å². The summed E-state index contributed by atoms with van der Waals surface area (Å²) in [7, 11) is 0. The van der Waals surface area contributed by atoms with Gasteiger partial charge in [-0.15, -0.1) is 0 Å². The van der Waals surface area contributed by atoms with Gasteiger partial charge in [0.15, 0.2) is 0 Å². The third-order valence-electron chi connectivity index (χ3n) is 2.79. The van der Waals surface area contributed by atoms with Gasteiger partial charge in [0.05, 0.1) is 0 Å². The van der Waals surface area contributed by atoms with Crippen LogP contribution in [0.4, 0.5) is 0 Å². The lowest BCUT2D eigenvalue weighted by Crippen LogP contribution is -1.87. The van der Waals surface area contributed by atoms with Crippen LogP contribution in [0.3, 0.4) is 0 Å². The van der Waals surface area contributed by atoms with E-state index in [0.717, 1.165) is 12.3 Å². The van der Waals surface area contributed by atoms with Crippen molar-refractivity contribution in [3.8, 4) is 0 Å². The minimum Gasteiger partial charge on any atom is -0.0991 e. The highest BCUT2D eigenvalue weighted by molar-refractivity contribution is 5.09. The van der Waals surface area contributed by atoms with E-state index < -0.39 is 0 Å². The van der Waals surface area contributed by atoms with Crippen molar-refractivity contribution in [1.82, 2.24) is 0 Å². The molecule has 0 aliphatic rings. The van der Waals surface area contributed by atoms with E-state index >= 15 is 0 Å². The molecule has 0 heteroatoms. The van der Waals surface area contributed by atoms with Crippen molar-refractivity contribution in [3.05, 3.63) is 36.0 Å². The lowest BCUT2D eigenvalue weighted by molar-refractivity contribution is 0.554. The van der Waals surface area contributed by atoms with E-state index in [2.05, 4.69) is 46.4 Å². The van der Waals surface area contributed by atoms with Crippen LogP contribution in [-0.4, -0.2) is 0 Å². The molecule has 0 aliphatic heterocycles. The zero-order valence-corrected chi connectivity index (χ0v) is 11.6. The van der Waals surface area contributed by atoms with Crippen LogP contribution in [0.1, 0.15) is 59.8 Å². The van der Waals surface area contributed by atoms with Gasteiger partial charge >= 0.3 is 0 Å². The fourth-order valence-electron chi connectivity index (χ4n) is 1.72. The van der Waals surface area contributed by atoms with Crippen molar-refractivity contribution in [3.63, 3.8) is 0 Å². The maximum absolute atomic E-state index is 3.71. The Morgan fingerprint density at radius 2 is 1.81 bits per heavy atom. The number of allylic oxidation sites excluding steroid dienone is 5. The summed E-state index contributed by atoms with van der Waals surface area (Å²) >= 11 is 0. The summed E-state index contributed by atoms with van der Waals surface area (Å²) in [4.78, 5) is 0. The van der Waals surface area contributed by atoms with Gasteiger partial charge in [-0.3, -0.25) is 0 Å². The van der Waals surface area contributed by atoms with E-state index in [-0.39, 0.29) is 0 Å². The average molecular weight is 220 g/mol. The van der Waals surface area contributed by atoms with E-state index in [0.29, 0.717) is 0 Å². The Morgan fingerprint density at radius 3 is 2.38 bits per heavy atom. The molecule has 0 bridgehead atoms. The molecule has 0 spiro atoms. The Labute approximate surface area is 102 Å². The van der Waals surface area contributed by atoms with Gasteiger partial charge in [0, 0.05) is 0 Å². The van der Waals surface area contributed by atoms with Crippen LogP contribution in [0.5, 0.6) is 0 Å². The summed E-state index contributed by atoms with van der Waals surface area (Å²) in [6.07, 6.45) is 12.6. The largest absolute Gasteiger partial charge is 0.0991 e. The summed E-state index contributed by atoms with van der Waals surface area (Å²) < 4.78 is 0. The Bertz CT molecular complexity index is 241. The lowest BCUT2D eigenvalue weighted by atomic mass is 10.0. The molecule has 0 rings (SSSR count). The molecule has 0 saturated carbocycles. The lowest BCUT2D eigenvalue weighted by Gasteiger charge is -2.05. The zero-order valence-electron chi connectivity index (χ0n) is 11.6. The van der Waals surface area contributed by atoms with E-state index in [9.17, 15) is 0 Å². The van der Waals surface area contributed by atoms with Gasteiger partial charge in [-0.2, -0.15) is 0 Å². The molecule has 0 aromatic carbocycles. The molecule has 0 atom stereocenters. The quantitative estimate of drug-likeness (QED) is 0.365. The van der Waals surface area contributed by atoms with Gasteiger partial charge < -0.3 is 0 Å². The van der Waals surface area contributed by atoms with Gasteiger partial charge in [0.2, 0.25) is 0 Å². The first-order valence-corrected chi connectivity index (χ1v) is 6.50. The van der Waals surface area contributed by atoms with Gasteiger partial charge in [-0.25, -0.2) is 0 Å². The van der Waals surface area contributed by atoms with Gasteiger partial charge in [-0.05, 0) is 45.4 Å². The van der Waals surface area contributed by atoms with Gasteiger partial charge in [-0.1, -0.05) is 56.2 Å². The molecule has 16 heavy (non-hydrogen) atoms. The van der Waals surface area contributed by atoms with Crippen molar-refractivity contribution in [2.24, 2.45) is 5.92 Å². The average Bonchev–Trinajstić information content (AvgIpc) is 2.17. The summed E-state index contributed by atoms with van der Waals surface area (Å²) in [5.74, 6) is 0.838. The third kappa shape index (κ3) is 9.76. The molecule has 0 aliphatic carbocycles. The van der Waals surface area contributed by atoms with Crippen LogP contribution >= 0.6 is 0 Å². The third-order valence-corrected chi connectivity index (χ3v) is 2.79. The summed E-state index contributed by atoms with van der Waals surface area (Å²) in [6.45, 7) is 12.7. The zero-order chi connectivity index (χ0) is 12.4. The standard InChI is InChI=1S/C16H28/c1-6-9-15(4)12-8-13-16(5)11-7-10-14(2)3/h6,9,13-14H,1,7-8,10-12H2,2-5H3. The SMILES string of the molecule is C=CC=C(C)CCC=C(C)CCCC(C)C. The van der Waals surface area contributed by atoms with E-state index in [4.69, 9.17) is 0 Å². The minimum atomic E-state index is 0.838. The molecule has 0 nitrogen and oxygen atoms in total. The molecule has 92 valence electrons. The van der Waals surface area contributed by atoms with E-state index in [1.165, 1.54) is 31.3 Å². The molecule has 0 N–H and O–H groups in total. The summed E-state index contributed by atoms with van der Waals surface area (Å²) in [5.41, 5.74) is 2.97. The molecule has 0 unspecified atom stereocenters. The first-order chi connectivity index (χ1) is 7.56. The normalized spacial score (nSPS) is 13.3. The molecule has 0 amide bonds. The number of hydrogen-bond acceptors (Lipinski definition) is 0. The molecule has 0 radical (unpaired) electrons. The first kappa shape index (κ1) is 15.2. The molecule has 0 fully saturated rings. The maximum atomic E-state index is 3.71. The van der Waals surface area contributed by atoms with Crippen LogP contribution in [0, 0.1) is 5.92 Å². The molecule has 0 aromatic heterocycles. The topological polar surface area (TPSA) is 0 Å². The second kappa shape index (κ2) is 9.45. The van der Waals surface area contributed by atoms with Crippen molar-refractivity contribution >= 4 is 0 Å². The minimum absolute atomic E-state index is 0.838. The van der Waals surface area contributed by atoms with Crippen LogP contribution in [-0.2, 0) is 0 Å². The van der Waals surface area contributed by atoms with Crippen LogP contribution < -0.4 is 0 Å². The fraction of sp³-hybridized carbons (Fsp3) is 0.625. The highest BCUT2D eigenvalue weighted by atomic mass is 14.0. The van der Waals surface area contributed by atoms with E-state index in [1.807, 2.05) is 6.08 Å². The Hall–Kier alpha value is -0.780. The second-order valence-corrected chi connectivity index (χ2v) is 5.12. The summed E-state index contributed by atoms with van der Waals surface area (Å²) in [5, 5.41) is 0. The van der Waals surface area contributed by atoms with Gasteiger partial charge in [0.1, 0.15) is 0 Å². The first-order valence-electron chi connectivity index (χ1n) is 6.50. The number of hydrogen-bond donors (Lipinski definition) is 0. The molecule has 0 saturated heterocycles. The Morgan fingerprint density at radius 1 is 1.12 bits per heavy atom. The molecular weight excluding hydrogens is 192 g/mol. The van der Waals surface area contributed by atoms with Crippen molar-refractivity contribution in [1.29, 1.82) is 0 Å². The van der Waals surface area contributed by atoms with Crippen molar-refractivity contribution in [2.75, 3.05) is 0 Å². The summed E-state index contributed by atoms with van der Waals surface area (Å²) in [6, 6.07) is 0. The predicted octanol–water partition coefficient (Wildman–Crippen LogP) is 5.67. The van der Waals surface area contributed by atoms with Crippen LogP contribution in [0.25, 0.3) is 0 Å². The fourth-order valence-corrected chi connectivity index (χ4v) is 1.72. The predicted molar refractivity (Wildman–Crippen MR) is 75.6 cm³/mol. The highest BCUT2D eigenvalue weighted by Gasteiger charge is 1.95. The molecule has 0 aromatic rings. The Balaban J connectivity index is 3.70. The van der Waals surface area contributed by atoms with Crippen LogP contribution in [0.15, 0.2) is 36.0 Å². The maximum Gasteiger partial charge on any atom is -0.0285 e. The van der Waals surface area contributed by atoms with E-state index in [1.54, 1.807) is 5.57 Å². The Kier molecular flexibility index (Phi) is 8.99.